The average Bonchev–Trinajstić information content (AvgIpc) is 2.45. The van der Waals surface area contributed by atoms with E-state index < -0.39 is 0 Å². The topological polar surface area (TPSA) is 15.6 Å². The van der Waals surface area contributed by atoms with E-state index in [2.05, 4.69) is 35.3 Å². The van der Waals surface area contributed by atoms with Crippen LogP contribution >= 0.6 is 11.3 Å². The SMILES string of the molecule is CC1C=Nc2ccsc2N1C. The van der Waals surface area contributed by atoms with Crippen LogP contribution in [0.3, 0.4) is 0 Å². The fourth-order valence-corrected chi connectivity index (χ4v) is 2.03. The highest BCUT2D eigenvalue weighted by Gasteiger charge is 2.16. The predicted molar refractivity (Wildman–Crippen MR) is 50.3 cm³/mol. The molecule has 2 nitrogen and oxygen atoms in total. The third-order valence-electron chi connectivity index (χ3n) is 1.99. The summed E-state index contributed by atoms with van der Waals surface area (Å²) in [5.41, 5.74) is 1.11. The van der Waals surface area contributed by atoms with Gasteiger partial charge in [0.25, 0.3) is 0 Å². The second kappa shape index (κ2) is 2.34. The van der Waals surface area contributed by atoms with Crippen molar-refractivity contribution in [1.29, 1.82) is 0 Å². The zero-order valence-corrected chi connectivity index (χ0v) is 7.43. The van der Waals surface area contributed by atoms with Crippen molar-refractivity contribution < 1.29 is 0 Å². The van der Waals surface area contributed by atoms with Crippen molar-refractivity contribution in [1.82, 2.24) is 0 Å². The minimum absolute atomic E-state index is 0.432. The van der Waals surface area contributed by atoms with Crippen molar-refractivity contribution in [2.75, 3.05) is 11.9 Å². The molecule has 1 aliphatic heterocycles. The lowest BCUT2D eigenvalue weighted by Gasteiger charge is -2.25. The highest BCUT2D eigenvalue weighted by molar-refractivity contribution is 7.14. The first-order valence-electron chi connectivity index (χ1n) is 3.63. The van der Waals surface area contributed by atoms with Gasteiger partial charge in [0, 0.05) is 13.3 Å². The van der Waals surface area contributed by atoms with Gasteiger partial charge in [0.15, 0.2) is 0 Å². The highest BCUT2D eigenvalue weighted by atomic mass is 32.1. The summed E-state index contributed by atoms with van der Waals surface area (Å²) in [7, 11) is 2.10. The number of hydrogen-bond acceptors (Lipinski definition) is 3. The van der Waals surface area contributed by atoms with Crippen molar-refractivity contribution in [2.24, 2.45) is 4.99 Å². The molecule has 0 saturated carbocycles. The normalized spacial score (nSPS) is 22.0. The van der Waals surface area contributed by atoms with Gasteiger partial charge in [0.2, 0.25) is 0 Å². The molecular weight excluding hydrogens is 156 g/mol. The molecular formula is C8H10N2S. The molecule has 2 heterocycles. The summed E-state index contributed by atoms with van der Waals surface area (Å²) in [6, 6.07) is 2.49. The zero-order chi connectivity index (χ0) is 7.84. The molecule has 0 saturated heterocycles. The average molecular weight is 166 g/mol. The standard InChI is InChI=1S/C8H10N2S/c1-6-5-9-7-3-4-11-8(7)10(6)2/h3-6H,1-2H3. The van der Waals surface area contributed by atoms with E-state index in [0.717, 1.165) is 5.69 Å². The molecule has 0 amide bonds. The van der Waals surface area contributed by atoms with Crippen LogP contribution in [0, 0.1) is 0 Å². The van der Waals surface area contributed by atoms with Gasteiger partial charge in [-0.2, -0.15) is 0 Å². The smallest absolute Gasteiger partial charge is 0.117 e. The lowest BCUT2D eigenvalue weighted by molar-refractivity contribution is 0.873. The first-order valence-corrected chi connectivity index (χ1v) is 4.51. The largest absolute Gasteiger partial charge is 0.357 e. The Labute approximate surface area is 70.2 Å². The van der Waals surface area contributed by atoms with Crippen LogP contribution in [0.2, 0.25) is 0 Å². The lowest BCUT2D eigenvalue weighted by atomic mass is 10.3. The summed E-state index contributed by atoms with van der Waals surface area (Å²) < 4.78 is 0. The predicted octanol–water partition coefficient (Wildman–Crippen LogP) is 2.29. The Hall–Kier alpha value is -0.830. The number of aliphatic imine (C=N–C) groups is 1. The molecule has 0 N–H and O–H groups in total. The van der Waals surface area contributed by atoms with Crippen molar-refractivity contribution in [2.45, 2.75) is 13.0 Å². The summed E-state index contributed by atoms with van der Waals surface area (Å²) in [6.45, 7) is 2.14. The maximum absolute atomic E-state index is 4.33. The van der Waals surface area contributed by atoms with Gasteiger partial charge in [-0.1, -0.05) is 0 Å². The van der Waals surface area contributed by atoms with Gasteiger partial charge in [0.05, 0.1) is 11.7 Å². The maximum Gasteiger partial charge on any atom is 0.117 e. The van der Waals surface area contributed by atoms with Gasteiger partial charge in [-0.3, -0.25) is 4.99 Å². The molecule has 1 aromatic rings. The minimum atomic E-state index is 0.432. The Balaban J connectivity index is 2.48. The summed E-state index contributed by atoms with van der Waals surface area (Å²) in [4.78, 5) is 6.57. The van der Waals surface area contributed by atoms with Gasteiger partial charge in [-0.15, -0.1) is 11.3 Å². The van der Waals surface area contributed by atoms with Crippen LogP contribution < -0.4 is 4.90 Å². The molecule has 0 fully saturated rings. The second-order valence-electron chi connectivity index (χ2n) is 2.74. The van der Waals surface area contributed by atoms with Gasteiger partial charge in [0.1, 0.15) is 5.00 Å². The van der Waals surface area contributed by atoms with E-state index in [4.69, 9.17) is 0 Å². The van der Waals surface area contributed by atoms with Gasteiger partial charge < -0.3 is 4.90 Å². The summed E-state index contributed by atoms with van der Waals surface area (Å²) in [5.74, 6) is 0. The van der Waals surface area contributed by atoms with Crippen molar-refractivity contribution in [3.63, 3.8) is 0 Å². The Morgan fingerprint density at radius 1 is 1.64 bits per heavy atom. The third-order valence-corrected chi connectivity index (χ3v) is 2.98. The first kappa shape index (κ1) is 6.85. The number of anilines is 1. The molecule has 1 unspecified atom stereocenters. The van der Waals surface area contributed by atoms with Crippen LogP contribution in [0.4, 0.5) is 10.7 Å². The molecule has 0 aromatic carbocycles. The molecule has 0 bridgehead atoms. The molecule has 0 radical (unpaired) electrons. The van der Waals surface area contributed by atoms with Crippen LogP contribution in [0.1, 0.15) is 6.92 Å². The summed E-state index contributed by atoms with van der Waals surface area (Å²) >= 11 is 1.75. The van der Waals surface area contributed by atoms with Gasteiger partial charge in [-0.25, -0.2) is 0 Å². The number of fused-ring (bicyclic) bond motifs is 1. The molecule has 0 spiro atoms. The molecule has 58 valence electrons. The van der Waals surface area contributed by atoms with E-state index in [9.17, 15) is 0 Å². The van der Waals surface area contributed by atoms with Crippen molar-refractivity contribution in [3.8, 4) is 0 Å². The van der Waals surface area contributed by atoms with Crippen LogP contribution in [-0.2, 0) is 0 Å². The van der Waals surface area contributed by atoms with E-state index in [0.29, 0.717) is 6.04 Å². The quantitative estimate of drug-likeness (QED) is 0.577. The van der Waals surface area contributed by atoms with Crippen LogP contribution in [0.15, 0.2) is 16.4 Å². The number of rotatable bonds is 0. The lowest BCUT2D eigenvalue weighted by Crippen LogP contribution is -2.31. The molecule has 3 heteroatoms. The fourth-order valence-electron chi connectivity index (χ4n) is 1.13. The molecule has 0 aliphatic carbocycles. The zero-order valence-electron chi connectivity index (χ0n) is 6.61. The van der Waals surface area contributed by atoms with E-state index >= 15 is 0 Å². The third kappa shape index (κ3) is 0.959. The molecule has 1 aromatic heterocycles. The minimum Gasteiger partial charge on any atom is -0.357 e. The summed E-state index contributed by atoms with van der Waals surface area (Å²) in [5, 5.41) is 3.36. The monoisotopic (exact) mass is 166 g/mol. The van der Waals surface area contributed by atoms with Gasteiger partial charge in [-0.05, 0) is 18.4 Å². The van der Waals surface area contributed by atoms with Crippen LogP contribution in [0.5, 0.6) is 0 Å². The van der Waals surface area contributed by atoms with E-state index in [1.807, 2.05) is 6.21 Å². The van der Waals surface area contributed by atoms with Crippen LogP contribution in [-0.4, -0.2) is 19.3 Å². The van der Waals surface area contributed by atoms with Crippen LogP contribution in [0.25, 0.3) is 0 Å². The molecule has 11 heavy (non-hydrogen) atoms. The van der Waals surface area contributed by atoms with Crippen molar-refractivity contribution in [3.05, 3.63) is 11.4 Å². The number of thiophene rings is 1. The van der Waals surface area contributed by atoms with E-state index in [-0.39, 0.29) is 0 Å². The maximum atomic E-state index is 4.33. The fraction of sp³-hybridized carbons (Fsp3) is 0.375. The molecule has 1 aliphatic rings. The Morgan fingerprint density at radius 2 is 2.45 bits per heavy atom. The number of nitrogens with zero attached hydrogens (tertiary/aromatic N) is 2. The Morgan fingerprint density at radius 3 is 3.27 bits per heavy atom. The van der Waals surface area contributed by atoms with E-state index in [1.165, 1.54) is 5.00 Å². The van der Waals surface area contributed by atoms with E-state index in [1.54, 1.807) is 11.3 Å². The molecule has 2 rings (SSSR count). The second-order valence-corrected chi connectivity index (χ2v) is 3.64. The summed E-state index contributed by atoms with van der Waals surface area (Å²) in [6.07, 6.45) is 1.98. The van der Waals surface area contributed by atoms with Crippen molar-refractivity contribution >= 4 is 28.2 Å². The Kier molecular flexibility index (Phi) is 1.46. The Bertz CT molecular complexity index is 290. The van der Waals surface area contributed by atoms with Gasteiger partial charge >= 0.3 is 0 Å². The number of hydrogen-bond donors (Lipinski definition) is 0. The highest BCUT2D eigenvalue weighted by Crippen LogP contribution is 2.36. The molecule has 1 atom stereocenters. The first-order chi connectivity index (χ1) is 5.29.